The number of nitrogens with two attached hydrogens (primary N) is 1. The first-order valence-corrected chi connectivity index (χ1v) is 11.4. The first-order chi connectivity index (χ1) is 16.4. The van der Waals surface area contributed by atoms with Crippen LogP contribution in [0.3, 0.4) is 0 Å². The van der Waals surface area contributed by atoms with E-state index in [1.165, 1.54) is 0 Å². The van der Waals surface area contributed by atoms with Crippen molar-refractivity contribution in [1.29, 1.82) is 0 Å². The van der Waals surface area contributed by atoms with Gasteiger partial charge in [0.05, 0.1) is 18.1 Å². The summed E-state index contributed by atoms with van der Waals surface area (Å²) in [6.45, 7) is 8.93. The Morgan fingerprint density at radius 2 is 1.57 bits per heavy atom. The number of carbonyl (C=O) groups excluding carboxylic acids is 5. The average molecular weight is 487 g/mol. The molecule has 0 spiro atoms. The highest BCUT2D eigenvalue weighted by Gasteiger charge is 2.40. The smallest absolute Gasteiger partial charge is 0.311 e. The van der Waals surface area contributed by atoms with Gasteiger partial charge in [-0.25, -0.2) is 0 Å². The van der Waals surface area contributed by atoms with E-state index in [2.05, 4.69) is 10.6 Å². The molecule has 0 aromatic heterocycles. The SMILES string of the molecule is CC(C)[C@H](NCNc1ccc(COC(=O)C(C)(C)C)cc1)C(=O)C(=O)C(CN)N1C(=O)C=CC1=O. The third-order valence-electron chi connectivity index (χ3n) is 5.42. The number of nitrogens with zero attached hydrogens (tertiary/aromatic N) is 1. The largest absolute Gasteiger partial charge is 0.460 e. The molecule has 1 aliphatic heterocycles. The van der Waals surface area contributed by atoms with E-state index < -0.39 is 40.9 Å². The van der Waals surface area contributed by atoms with Crippen LogP contribution >= 0.6 is 0 Å². The number of ether oxygens (including phenoxy) is 1. The lowest BCUT2D eigenvalue weighted by Crippen LogP contribution is -2.56. The van der Waals surface area contributed by atoms with Crippen LogP contribution < -0.4 is 16.4 Å². The van der Waals surface area contributed by atoms with Gasteiger partial charge in [0.2, 0.25) is 11.6 Å². The fraction of sp³-hybridized carbons (Fsp3) is 0.480. The zero-order chi connectivity index (χ0) is 26.3. The highest BCUT2D eigenvalue weighted by atomic mass is 16.5. The number of carbonyl (C=O) groups is 5. The van der Waals surface area contributed by atoms with Crippen molar-refractivity contribution in [1.82, 2.24) is 10.2 Å². The average Bonchev–Trinajstić information content (AvgIpc) is 3.13. The summed E-state index contributed by atoms with van der Waals surface area (Å²) in [6, 6.07) is 5.06. The van der Waals surface area contributed by atoms with Crippen molar-refractivity contribution in [3.8, 4) is 0 Å². The zero-order valence-corrected chi connectivity index (χ0v) is 20.8. The number of benzene rings is 1. The summed E-state index contributed by atoms with van der Waals surface area (Å²) in [7, 11) is 0. The first-order valence-electron chi connectivity index (χ1n) is 11.4. The number of amides is 2. The second-order valence-electron chi connectivity index (χ2n) is 9.66. The maximum Gasteiger partial charge on any atom is 0.311 e. The summed E-state index contributed by atoms with van der Waals surface area (Å²) in [5.41, 5.74) is 6.64. The minimum Gasteiger partial charge on any atom is -0.460 e. The molecule has 1 unspecified atom stereocenters. The van der Waals surface area contributed by atoms with Gasteiger partial charge in [0.15, 0.2) is 0 Å². The molecule has 1 aliphatic rings. The lowest BCUT2D eigenvalue weighted by molar-refractivity contribution is -0.154. The van der Waals surface area contributed by atoms with E-state index in [9.17, 15) is 24.0 Å². The van der Waals surface area contributed by atoms with E-state index >= 15 is 0 Å². The first kappa shape index (κ1) is 27.9. The second kappa shape index (κ2) is 11.9. The predicted molar refractivity (Wildman–Crippen MR) is 130 cm³/mol. The molecule has 1 aromatic carbocycles. The van der Waals surface area contributed by atoms with Gasteiger partial charge in [-0.1, -0.05) is 26.0 Å². The van der Waals surface area contributed by atoms with Crippen molar-refractivity contribution in [2.45, 2.75) is 53.3 Å². The molecule has 1 heterocycles. The molecule has 0 aliphatic carbocycles. The molecule has 0 bridgehead atoms. The van der Waals surface area contributed by atoms with E-state index in [1.807, 2.05) is 12.1 Å². The molecule has 0 radical (unpaired) electrons. The Bertz CT molecular complexity index is 976. The summed E-state index contributed by atoms with van der Waals surface area (Å²) < 4.78 is 5.30. The monoisotopic (exact) mass is 486 g/mol. The van der Waals surface area contributed by atoms with Crippen molar-refractivity contribution >= 4 is 35.0 Å². The van der Waals surface area contributed by atoms with Gasteiger partial charge in [-0.2, -0.15) is 0 Å². The van der Waals surface area contributed by atoms with E-state index in [0.29, 0.717) is 0 Å². The summed E-state index contributed by atoms with van der Waals surface area (Å²) in [6.07, 6.45) is 2.09. The van der Waals surface area contributed by atoms with Crippen LogP contribution in [0.25, 0.3) is 0 Å². The number of esters is 1. The van der Waals surface area contributed by atoms with Crippen LogP contribution in [-0.2, 0) is 35.3 Å². The van der Waals surface area contributed by atoms with Gasteiger partial charge in [0, 0.05) is 24.4 Å². The molecule has 10 heteroatoms. The number of nitrogens with one attached hydrogen (secondary N) is 2. The summed E-state index contributed by atoms with van der Waals surface area (Å²) in [5, 5.41) is 6.13. The van der Waals surface area contributed by atoms with E-state index in [0.717, 1.165) is 28.3 Å². The summed E-state index contributed by atoms with van der Waals surface area (Å²) in [5.74, 6) is -3.50. The number of ketones is 2. The Morgan fingerprint density at radius 1 is 1.00 bits per heavy atom. The molecule has 2 amide bonds. The van der Waals surface area contributed by atoms with Gasteiger partial charge in [-0.3, -0.25) is 34.2 Å². The maximum atomic E-state index is 12.9. The van der Waals surface area contributed by atoms with Crippen LogP contribution in [0, 0.1) is 11.3 Å². The van der Waals surface area contributed by atoms with E-state index in [1.54, 1.807) is 46.8 Å². The number of rotatable bonds is 12. The molecule has 0 saturated heterocycles. The molecule has 0 fully saturated rings. The minimum atomic E-state index is -1.34. The number of Topliss-reactive ketones (excluding diaryl/α,β-unsaturated/α-hetero) is 2. The van der Waals surface area contributed by atoms with Crippen LogP contribution in [0.4, 0.5) is 5.69 Å². The van der Waals surface area contributed by atoms with Crippen LogP contribution in [0.5, 0.6) is 0 Å². The molecule has 2 atom stereocenters. The molecule has 4 N–H and O–H groups in total. The zero-order valence-electron chi connectivity index (χ0n) is 20.8. The molecule has 35 heavy (non-hydrogen) atoms. The summed E-state index contributed by atoms with van der Waals surface area (Å²) >= 11 is 0. The molecule has 10 nitrogen and oxygen atoms in total. The molecular weight excluding hydrogens is 452 g/mol. The highest BCUT2D eigenvalue weighted by molar-refractivity contribution is 6.42. The molecular formula is C25H34N4O6. The van der Waals surface area contributed by atoms with E-state index in [-0.39, 0.29) is 31.7 Å². The molecule has 1 aromatic rings. The highest BCUT2D eigenvalue weighted by Crippen LogP contribution is 2.17. The van der Waals surface area contributed by atoms with Gasteiger partial charge in [-0.15, -0.1) is 0 Å². The van der Waals surface area contributed by atoms with Crippen LogP contribution in [0.1, 0.15) is 40.2 Å². The minimum absolute atomic E-state index is 0.167. The quantitative estimate of drug-likeness (QED) is 0.171. The topological polar surface area (TPSA) is 148 Å². The van der Waals surface area contributed by atoms with Crippen LogP contribution in [-0.4, -0.2) is 59.5 Å². The van der Waals surface area contributed by atoms with Gasteiger partial charge < -0.3 is 15.8 Å². The third-order valence-corrected chi connectivity index (χ3v) is 5.42. The van der Waals surface area contributed by atoms with Gasteiger partial charge >= 0.3 is 5.97 Å². The molecule has 2 rings (SSSR count). The predicted octanol–water partition coefficient (Wildman–Crippen LogP) is 1.15. The fourth-order valence-corrected chi connectivity index (χ4v) is 3.34. The summed E-state index contributed by atoms with van der Waals surface area (Å²) in [4.78, 5) is 62.3. The molecule has 0 saturated carbocycles. The Kier molecular flexibility index (Phi) is 9.44. The number of hydrogen-bond donors (Lipinski definition) is 3. The Balaban J connectivity index is 1.94. The van der Waals surface area contributed by atoms with Gasteiger partial charge in [-0.05, 0) is 44.4 Å². The van der Waals surface area contributed by atoms with Gasteiger partial charge in [0.1, 0.15) is 12.6 Å². The number of anilines is 1. The van der Waals surface area contributed by atoms with Crippen LogP contribution in [0.2, 0.25) is 0 Å². The second-order valence-corrected chi connectivity index (χ2v) is 9.66. The lowest BCUT2D eigenvalue weighted by atomic mass is 9.94. The van der Waals surface area contributed by atoms with Crippen molar-refractivity contribution < 1.29 is 28.7 Å². The van der Waals surface area contributed by atoms with Crippen molar-refractivity contribution in [2.24, 2.45) is 17.1 Å². The van der Waals surface area contributed by atoms with E-state index in [4.69, 9.17) is 10.5 Å². The van der Waals surface area contributed by atoms with Gasteiger partial charge in [0.25, 0.3) is 11.8 Å². The van der Waals surface area contributed by atoms with Crippen molar-refractivity contribution in [2.75, 3.05) is 18.5 Å². The normalized spacial score (nSPS) is 15.3. The molecule has 190 valence electrons. The standard InChI is InChI=1S/C25H34N4O6/c1-15(2)21(23(33)22(32)18(12-26)29-19(30)10-11-20(29)31)28-14-27-17-8-6-16(7-9-17)13-35-24(34)25(3,4)5/h6-11,15,18,21,27-28H,12-14,26H2,1-5H3/t18?,21-/m0/s1. The lowest BCUT2D eigenvalue weighted by Gasteiger charge is -2.26. The Labute approximate surface area is 205 Å². The Morgan fingerprint density at radius 3 is 2.06 bits per heavy atom. The third kappa shape index (κ3) is 7.30. The van der Waals surface area contributed by atoms with Crippen molar-refractivity contribution in [3.63, 3.8) is 0 Å². The fourth-order valence-electron chi connectivity index (χ4n) is 3.34. The van der Waals surface area contributed by atoms with Crippen molar-refractivity contribution in [3.05, 3.63) is 42.0 Å². The van der Waals surface area contributed by atoms with Crippen LogP contribution in [0.15, 0.2) is 36.4 Å². The number of hydrogen-bond acceptors (Lipinski definition) is 9. The Hall–Kier alpha value is -3.37. The maximum absolute atomic E-state index is 12.9. The number of imide groups is 1.